The molecule has 0 aliphatic carbocycles. The molecular weight excluding hydrogens is 925 g/mol. The molecular formula is C69H108O6. The fraction of sp³-hybridized carbons (Fsp3) is 0.580. The molecule has 6 nitrogen and oxygen atoms in total. The van der Waals surface area contributed by atoms with Crippen LogP contribution in [-0.2, 0) is 28.6 Å². The van der Waals surface area contributed by atoms with E-state index in [0.717, 1.165) is 116 Å². The molecule has 0 bridgehead atoms. The zero-order chi connectivity index (χ0) is 54.3. The summed E-state index contributed by atoms with van der Waals surface area (Å²) in [5.74, 6) is -1.07. The highest BCUT2D eigenvalue weighted by molar-refractivity contribution is 5.71. The highest BCUT2D eigenvalue weighted by Gasteiger charge is 2.19. The van der Waals surface area contributed by atoms with Crippen molar-refractivity contribution in [1.82, 2.24) is 0 Å². The van der Waals surface area contributed by atoms with Crippen molar-refractivity contribution in [2.45, 2.75) is 245 Å². The third kappa shape index (κ3) is 59.8. The number of hydrogen-bond acceptors (Lipinski definition) is 6. The Balaban J connectivity index is 4.52. The number of unbranched alkanes of at least 4 members (excludes halogenated alkanes) is 15. The third-order valence-corrected chi connectivity index (χ3v) is 12.0. The molecule has 0 radical (unpaired) electrons. The van der Waals surface area contributed by atoms with Gasteiger partial charge in [0.25, 0.3) is 0 Å². The van der Waals surface area contributed by atoms with E-state index in [-0.39, 0.29) is 44.0 Å². The van der Waals surface area contributed by atoms with Crippen LogP contribution in [0.25, 0.3) is 0 Å². The molecule has 0 fully saturated rings. The molecule has 0 aromatic carbocycles. The molecule has 0 amide bonds. The first-order valence-corrected chi connectivity index (χ1v) is 30.0. The second-order valence-electron chi connectivity index (χ2n) is 19.1. The van der Waals surface area contributed by atoms with Crippen molar-refractivity contribution in [3.8, 4) is 0 Å². The Morgan fingerprint density at radius 3 is 0.920 bits per heavy atom. The lowest BCUT2D eigenvalue weighted by Crippen LogP contribution is -2.30. The minimum atomic E-state index is -0.842. The number of carbonyl (C=O) groups is 3. The van der Waals surface area contributed by atoms with E-state index in [2.05, 4.69) is 167 Å². The summed E-state index contributed by atoms with van der Waals surface area (Å²) >= 11 is 0. The van der Waals surface area contributed by atoms with Crippen LogP contribution in [0.1, 0.15) is 239 Å². The third-order valence-electron chi connectivity index (χ3n) is 12.0. The molecule has 0 aliphatic heterocycles. The molecule has 0 saturated carbocycles. The van der Waals surface area contributed by atoms with Gasteiger partial charge in [-0.05, 0) is 135 Å². The van der Waals surface area contributed by atoms with Crippen LogP contribution in [0.5, 0.6) is 0 Å². The van der Waals surface area contributed by atoms with E-state index in [4.69, 9.17) is 14.2 Å². The predicted molar refractivity (Wildman–Crippen MR) is 325 cm³/mol. The van der Waals surface area contributed by atoms with Crippen LogP contribution >= 0.6 is 0 Å². The lowest BCUT2D eigenvalue weighted by molar-refractivity contribution is -0.166. The Bertz CT molecular complexity index is 1710. The quantitative estimate of drug-likeness (QED) is 0.0261. The number of carbonyl (C=O) groups excluding carboxylic acids is 3. The Morgan fingerprint density at radius 1 is 0.280 bits per heavy atom. The van der Waals surface area contributed by atoms with E-state index in [1.165, 1.54) is 70.6 Å². The van der Waals surface area contributed by atoms with Crippen LogP contribution in [0, 0.1) is 0 Å². The lowest BCUT2D eigenvalue weighted by atomic mass is 10.1. The fourth-order valence-corrected chi connectivity index (χ4v) is 7.58. The molecule has 6 heteroatoms. The standard InChI is InChI=1S/C69H108O6/c1-4-7-10-13-16-19-22-25-27-29-31-33-34-36-37-39-41-44-47-50-53-56-59-62-68(71)74-65-66(64-73-67(70)61-58-55-52-49-46-43-24-21-18-15-12-9-6-3)75-69(72)63-60-57-54-51-48-45-42-40-38-35-32-30-28-26-23-20-17-14-11-8-5-2/h8-9,11-12,17-18,20-22,25-26,28-29,31-32,34-36,40,42-43,46,48,51-52,55,66H,4-7,10,13-16,19,23-24,27,30,33,37-39,41,44-45,47,49-50,53-54,56-65H2,1-3H3/b11-8-,12-9-,20-17-,21-18-,25-22-,28-26-,31-29-,35-32-,36-34-,42-40-,46-43-,51-48-,55-52-. The smallest absolute Gasteiger partial charge is 0.306 e. The van der Waals surface area contributed by atoms with Crippen molar-refractivity contribution < 1.29 is 28.6 Å². The number of rotatable bonds is 52. The van der Waals surface area contributed by atoms with Gasteiger partial charge in [-0.3, -0.25) is 14.4 Å². The SMILES string of the molecule is CC/C=C\C/C=C\C/C=C\C/C=C\C/C=C\C/C=C\CCCCC(=O)OC(COC(=O)CC/C=C\C/C=C\C/C=C\C/C=C\CC)COC(=O)CCCCCCCCCC/C=C\C/C=C\C/C=C\CCCCCCC. The van der Waals surface area contributed by atoms with Crippen molar-refractivity contribution in [2.75, 3.05) is 13.2 Å². The number of esters is 3. The van der Waals surface area contributed by atoms with Gasteiger partial charge in [-0.25, -0.2) is 0 Å². The maximum atomic E-state index is 12.9. The Kier molecular flexibility index (Phi) is 57.5. The molecule has 0 rings (SSSR count). The van der Waals surface area contributed by atoms with Crippen LogP contribution in [0.2, 0.25) is 0 Å². The zero-order valence-electron chi connectivity index (χ0n) is 48.0. The van der Waals surface area contributed by atoms with E-state index in [9.17, 15) is 14.4 Å². The minimum absolute atomic E-state index is 0.129. The van der Waals surface area contributed by atoms with E-state index in [1.807, 2.05) is 12.2 Å². The van der Waals surface area contributed by atoms with Crippen molar-refractivity contribution in [1.29, 1.82) is 0 Å². The van der Waals surface area contributed by atoms with Crippen molar-refractivity contribution in [2.24, 2.45) is 0 Å². The Morgan fingerprint density at radius 2 is 0.547 bits per heavy atom. The first-order chi connectivity index (χ1) is 37.0. The van der Waals surface area contributed by atoms with Crippen LogP contribution in [0.15, 0.2) is 158 Å². The number of ether oxygens (including phenoxy) is 3. The summed E-state index contributed by atoms with van der Waals surface area (Å²) in [6.07, 6.45) is 89.7. The molecule has 0 heterocycles. The van der Waals surface area contributed by atoms with Crippen LogP contribution < -0.4 is 0 Å². The van der Waals surface area contributed by atoms with Crippen molar-refractivity contribution >= 4 is 17.9 Å². The van der Waals surface area contributed by atoms with Gasteiger partial charge in [-0.1, -0.05) is 243 Å². The largest absolute Gasteiger partial charge is 0.462 e. The molecule has 0 saturated heterocycles. The average Bonchev–Trinajstić information content (AvgIpc) is 3.41. The Hall–Kier alpha value is -4.97. The maximum absolute atomic E-state index is 12.9. The predicted octanol–water partition coefficient (Wildman–Crippen LogP) is 20.5. The lowest BCUT2D eigenvalue weighted by Gasteiger charge is -2.18. The van der Waals surface area contributed by atoms with E-state index < -0.39 is 6.10 Å². The Labute approximate surface area is 460 Å². The van der Waals surface area contributed by atoms with E-state index >= 15 is 0 Å². The molecule has 1 atom stereocenters. The van der Waals surface area contributed by atoms with Gasteiger partial charge in [0.05, 0.1) is 0 Å². The second-order valence-corrected chi connectivity index (χ2v) is 19.1. The topological polar surface area (TPSA) is 78.9 Å². The molecule has 420 valence electrons. The van der Waals surface area contributed by atoms with Crippen molar-refractivity contribution in [3.63, 3.8) is 0 Å². The summed E-state index contributed by atoms with van der Waals surface area (Å²) < 4.78 is 16.8. The second kappa shape index (κ2) is 61.6. The summed E-state index contributed by atoms with van der Waals surface area (Å²) in [5.41, 5.74) is 0. The monoisotopic (exact) mass is 1030 g/mol. The van der Waals surface area contributed by atoms with Crippen LogP contribution in [0.4, 0.5) is 0 Å². The van der Waals surface area contributed by atoms with E-state index in [0.29, 0.717) is 19.3 Å². The maximum Gasteiger partial charge on any atom is 0.306 e. The molecule has 0 spiro atoms. The van der Waals surface area contributed by atoms with Gasteiger partial charge in [-0.15, -0.1) is 0 Å². The van der Waals surface area contributed by atoms with Crippen molar-refractivity contribution in [3.05, 3.63) is 158 Å². The van der Waals surface area contributed by atoms with Gasteiger partial charge in [0.1, 0.15) is 13.2 Å². The number of hydrogen-bond donors (Lipinski definition) is 0. The first kappa shape index (κ1) is 70.0. The molecule has 0 aromatic heterocycles. The van der Waals surface area contributed by atoms with E-state index in [1.54, 1.807) is 0 Å². The van der Waals surface area contributed by atoms with Gasteiger partial charge in [-0.2, -0.15) is 0 Å². The van der Waals surface area contributed by atoms with Gasteiger partial charge < -0.3 is 14.2 Å². The molecule has 1 unspecified atom stereocenters. The summed E-state index contributed by atoms with van der Waals surface area (Å²) in [6.45, 7) is 6.28. The molecule has 0 aromatic rings. The average molecular weight is 1030 g/mol. The normalized spacial score (nSPS) is 13.3. The summed E-state index contributed by atoms with van der Waals surface area (Å²) in [6, 6.07) is 0. The summed E-state index contributed by atoms with van der Waals surface area (Å²) in [5, 5.41) is 0. The molecule has 75 heavy (non-hydrogen) atoms. The first-order valence-electron chi connectivity index (χ1n) is 30.0. The van der Waals surface area contributed by atoms with Gasteiger partial charge >= 0.3 is 17.9 Å². The van der Waals surface area contributed by atoms with Gasteiger partial charge in [0.15, 0.2) is 6.10 Å². The van der Waals surface area contributed by atoms with Crippen LogP contribution in [-0.4, -0.2) is 37.2 Å². The minimum Gasteiger partial charge on any atom is -0.462 e. The summed E-state index contributed by atoms with van der Waals surface area (Å²) in [7, 11) is 0. The highest BCUT2D eigenvalue weighted by atomic mass is 16.6. The van der Waals surface area contributed by atoms with Gasteiger partial charge in [0, 0.05) is 19.3 Å². The highest BCUT2D eigenvalue weighted by Crippen LogP contribution is 2.13. The number of allylic oxidation sites excluding steroid dienone is 26. The molecule has 0 aliphatic rings. The summed E-state index contributed by atoms with van der Waals surface area (Å²) in [4.78, 5) is 38.2. The van der Waals surface area contributed by atoms with Gasteiger partial charge in [0.2, 0.25) is 0 Å². The fourth-order valence-electron chi connectivity index (χ4n) is 7.58. The molecule has 0 N–H and O–H groups in total. The van der Waals surface area contributed by atoms with Crippen LogP contribution in [0.3, 0.4) is 0 Å². The zero-order valence-corrected chi connectivity index (χ0v) is 48.0.